The number of para-hydroxylation sites is 3. The highest BCUT2D eigenvalue weighted by Gasteiger charge is 2.47. The Kier molecular flexibility index (Phi) is 31.7. The number of amides is 5. The summed E-state index contributed by atoms with van der Waals surface area (Å²) in [5.74, 6) is -9.47. The van der Waals surface area contributed by atoms with Crippen molar-refractivity contribution in [3.05, 3.63) is 289 Å². The lowest BCUT2D eigenvalue weighted by molar-refractivity contribution is 0.135. The molecule has 0 radical (unpaired) electrons. The summed E-state index contributed by atoms with van der Waals surface area (Å²) >= 11 is 17.8. The molecule has 0 unspecified atom stereocenters. The maximum atomic E-state index is 14.0. The number of nitrogens with zero attached hydrogens (tertiary/aromatic N) is 10. The molecule has 0 aliphatic carbocycles. The first-order valence-corrected chi connectivity index (χ1v) is 53.8. The molecule has 10 aromatic carbocycles. The average Bonchev–Trinajstić information content (AvgIpc) is 0.772. The Morgan fingerprint density at radius 3 is 0.889 bits per heavy atom. The van der Waals surface area contributed by atoms with E-state index in [-0.39, 0.29) is 144 Å². The lowest BCUT2D eigenvalue weighted by atomic mass is 10.00. The second-order valence-corrected chi connectivity index (χ2v) is 45.7. The van der Waals surface area contributed by atoms with Crippen molar-refractivity contribution in [3.8, 4) is 5.75 Å². The monoisotopic (exact) mass is 2150 g/mol. The van der Waals surface area contributed by atoms with Gasteiger partial charge in [0.25, 0.3) is 0 Å². The fourth-order valence-electron chi connectivity index (χ4n) is 19.1. The minimum Gasteiger partial charge on any atom is -0.505 e. The number of benzene rings is 10. The van der Waals surface area contributed by atoms with E-state index in [0.29, 0.717) is 74.9 Å². The van der Waals surface area contributed by atoms with E-state index in [1.807, 2.05) is 98.8 Å². The number of carbonyl (C=O) groups excluding carboxylic acids is 5. The number of rotatable bonds is 15. The van der Waals surface area contributed by atoms with Gasteiger partial charge in [0.1, 0.15) is 84.5 Å². The number of anilines is 5. The summed E-state index contributed by atoms with van der Waals surface area (Å²) in [6.07, 6.45) is 1.10. The second kappa shape index (κ2) is 43.5. The molecule has 10 aliphatic rings. The predicted octanol–water partition coefficient (Wildman–Crippen LogP) is 18.4. The number of ether oxygens (including phenoxy) is 5. The van der Waals surface area contributed by atoms with E-state index in [4.69, 9.17) is 58.5 Å². The molecular formula is C97H93Cl3F8N10O21S5. The number of aromatic hydroxyl groups is 1. The van der Waals surface area contributed by atoms with Crippen molar-refractivity contribution < 1.29 is 130 Å². The van der Waals surface area contributed by atoms with E-state index in [9.17, 15) is 106 Å². The molecule has 764 valence electrons. The predicted molar refractivity (Wildman–Crippen MR) is 512 cm³/mol. The average molecular weight is 2150 g/mol. The lowest BCUT2D eigenvalue weighted by Crippen LogP contribution is -2.50. The fraction of sp³-hybridized carbons (Fsp3) is 0.330. The quantitative estimate of drug-likeness (QED) is 0.0736. The molecule has 0 saturated carbocycles. The van der Waals surface area contributed by atoms with E-state index in [1.54, 1.807) is 37.8 Å². The Bertz CT molecular complexity index is 7020. The first-order chi connectivity index (χ1) is 68.6. The summed E-state index contributed by atoms with van der Waals surface area (Å²) in [7, 11) is -21.2. The largest absolute Gasteiger partial charge is 0.505 e. The van der Waals surface area contributed by atoms with Crippen LogP contribution in [0.25, 0.3) is 0 Å². The third-order valence-corrected chi connectivity index (χ3v) is 36.7. The van der Waals surface area contributed by atoms with Crippen molar-refractivity contribution in [2.75, 3.05) is 89.9 Å². The number of phenolic OH excluding ortho intramolecular Hbond substituents is 1. The normalized spacial score (nSPS) is 18.5. The van der Waals surface area contributed by atoms with Crippen LogP contribution in [0.15, 0.2) is 213 Å². The van der Waals surface area contributed by atoms with Crippen LogP contribution in [0.4, 0.5) is 87.5 Å². The number of fused-ring (bicyclic) bond motifs is 5. The number of aryl methyl sites for hydroxylation is 2. The maximum Gasteiger partial charge on any atom is 0.414 e. The third kappa shape index (κ3) is 21.6. The molecule has 47 heteroatoms. The van der Waals surface area contributed by atoms with Crippen LogP contribution in [0.5, 0.6) is 5.75 Å². The van der Waals surface area contributed by atoms with E-state index in [1.165, 1.54) is 21.3 Å². The highest BCUT2D eigenvalue weighted by Crippen LogP contribution is 2.44. The Labute approximate surface area is 839 Å². The minimum atomic E-state index is -4.33. The molecular weight excluding hydrogens is 2060 g/mol. The summed E-state index contributed by atoms with van der Waals surface area (Å²) in [5, 5.41) is 10.6. The van der Waals surface area contributed by atoms with Crippen LogP contribution in [0.2, 0.25) is 15.1 Å². The van der Waals surface area contributed by atoms with E-state index < -0.39 is 152 Å². The molecule has 0 aromatic heterocycles. The molecule has 0 spiro atoms. The number of sulfonamides is 5. The first-order valence-electron chi connectivity index (χ1n) is 45.4. The lowest BCUT2D eigenvalue weighted by Gasteiger charge is -2.40. The molecule has 144 heavy (non-hydrogen) atoms. The van der Waals surface area contributed by atoms with Gasteiger partial charge in [-0.3, -0.25) is 24.5 Å². The molecule has 5 amide bonds. The van der Waals surface area contributed by atoms with Gasteiger partial charge in [-0.2, -0.15) is 21.5 Å². The maximum absolute atomic E-state index is 14.0. The van der Waals surface area contributed by atoms with Gasteiger partial charge in [-0.15, -0.1) is 0 Å². The van der Waals surface area contributed by atoms with Crippen LogP contribution >= 0.6 is 34.8 Å². The zero-order valence-corrected chi connectivity index (χ0v) is 83.1. The van der Waals surface area contributed by atoms with Crippen molar-refractivity contribution in [2.24, 2.45) is 0 Å². The SMILES string of the molecule is Cc1ccc2c(c1)COC(=O)N2C1CCN(S(=O)(=O)c2c(F)cccc2F)CC1.Cc1cccc2c1N(C1CCN(S(=O)(=O)c3c(F)cccc3F)CC1)C(=O)OC2.O=C1OCc2cc(Cl)ccc2N1C1CCN(S(=O)(=O)c2c(F)cccc2F)CC1.O=C1OCc2ccccc2N1C1CCN(S(=O)(=O)c2c(F)cccc2F)CC1.O=C1OCc2ccccc2N1C1CCN(S(=O)(=O)c2cc(Cl)cc(Cl)c2O)CC1. The Hall–Kier alpha value is -11.8. The van der Waals surface area contributed by atoms with Gasteiger partial charge in [0.05, 0.1) is 33.5 Å². The number of cyclic esters (lactones) is 5. The van der Waals surface area contributed by atoms with Gasteiger partial charge in [-0.05, 0) is 181 Å². The number of piperidine rings is 5. The molecule has 1 N–H and O–H groups in total. The molecule has 10 aliphatic heterocycles. The number of halogens is 11. The molecule has 31 nitrogen and oxygen atoms in total. The third-order valence-electron chi connectivity index (χ3n) is 26.2. The van der Waals surface area contributed by atoms with E-state index in [0.717, 1.165) is 152 Å². The minimum absolute atomic E-state index is 0.0213. The Balaban J connectivity index is 0.000000129. The summed E-state index contributed by atoms with van der Waals surface area (Å²) in [6.45, 7) is 5.50. The van der Waals surface area contributed by atoms with Crippen LogP contribution in [0.1, 0.15) is 103 Å². The van der Waals surface area contributed by atoms with Crippen molar-refractivity contribution in [1.29, 1.82) is 0 Å². The van der Waals surface area contributed by atoms with Gasteiger partial charge in [0.2, 0.25) is 50.1 Å². The molecule has 0 bridgehead atoms. The van der Waals surface area contributed by atoms with Gasteiger partial charge in [0.15, 0.2) is 25.3 Å². The molecule has 20 rings (SSSR count). The molecule has 0 atom stereocenters. The van der Waals surface area contributed by atoms with Crippen molar-refractivity contribution >= 4 is 144 Å². The highest BCUT2D eigenvalue weighted by atomic mass is 35.5. The molecule has 5 saturated heterocycles. The number of phenols is 1. The van der Waals surface area contributed by atoms with Crippen LogP contribution in [0, 0.1) is 60.4 Å². The van der Waals surface area contributed by atoms with Crippen molar-refractivity contribution in [1.82, 2.24) is 21.5 Å². The van der Waals surface area contributed by atoms with Crippen molar-refractivity contribution in [3.63, 3.8) is 0 Å². The Morgan fingerprint density at radius 2 is 0.549 bits per heavy atom. The fourth-order valence-corrected chi connectivity index (χ4v) is 27.9. The Morgan fingerprint density at radius 1 is 0.285 bits per heavy atom. The second-order valence-electron chi connectivity index (χ2n) is 35.0. The van der Waals surface area contributed by atoms with Crippen LogP contribution in [0.3, 0.4) is 0 Å². The van der Waals surface area contributed by atoms with Crippen LogP contribution < -0.4 is 24.5 Å². The summed E-state index contributed by atoms with van der Waals surface area (Å²) in [4.78, 5) is 65.7. The summed E-state index contributed by atoms with van der Waals surface area (Å²) in [6, 6.07) is 44.4. The van der Waals surface area contributed by atoms with E-state index >= 15 is 0 Å². The topological polar surface area (TPSA) is 355 Å². The van der Waals surface area contributed by atoms with Gasteiger partial charge in [-0.25, -0.2) is 101 Å². The van der Waals surface area contributed by atoms with Crippen molar-refractivity contribution in [2.45, 2.75) is 166 Å². The van der Waals surface area contributed by atoms with E-state index in [2.05, 4.69) is 0 Å². The summed E-state index contributed by atoms with van der Waals surface area (Å²) in [5.41, 5.74) is 10.1. The van der Waals surface area contributed by atoms with Crippen LogP contribution in [-0.4, -0.2) is 195 Å². The zero-order chi connectivity index (χ0) is 103. The van der Waals surface area contributed by atoms with Gasteiger partial charge in [0, 0.05) is 134 Å². The van der Waals surface area contributed by atoms with Gasteiger partial charge in [-0.1, -0.05) is 131 Å². The standard InChI is InChI=1S/2C20H20F2N2O4S.C19H18Cl2N2O5S.C19H17ClF2N2O4S.C19H18F2N2O4S/c1-13-4-2-5-14-12-28-20(25)24(18(13)14)15-8-10-23(11-9-15)29(26,27)19-16(21)6-3-7-17(19)22;1-13-5-6-18-14(11-13)12-28-20(25)24(18)15-7-9-23(10-8-15)29(26,27)19-16(21)3-2-4-17(19)22;20-13-9-15(21)18(24)17(10-13)29(26,27)22-7-5-14(6-8-22)23-16-4-2-1-3-12(16)11-28-19(23)25;20-13-4-5-17-12(10-13)11-28-19(25)24(17)14-6-8-23(9-7-14)29(26,27)18-15(21)2-1-3-16(18)22;20-15-5-3-6-16(21)18(15)28(25,26)22-10-8-14(9-11-22)23-17-7-2-1-4-13(17)12-27-19(23)24/h2-7,15H,8-12H2,1H3;2-6,11,15H,7-10,12H2,1H3;1-4,9-10,14,24H,5-8,11H2;1-5,10,14H,6-9,11H2;1-7,14H,8-12H2. The number of carbonyl (C=O) groups is 5. The molecule has 10 heterocycles. The zero-order valence-electron chi connectivity index (χ0n) is 76.7. The molecule has 5 fully saturated rings. The number of hydrogen-bond donors (Lipinski definition) is 1. The van der Waals surface area contributed by atoms with Gasteiger partial charge < -0.3 is 28.8 Å². The van der Waals surface area contributed by atoms with Gasteiger partial charge >= 0.3 is 30.5 Å². The number of hydrogen-bond acceptors (Lipinski definition) is 21. The van der Waals surface area contributed by atoms with Crippen LogP contribution in [-0.2, 0) is 107 Å². The first kappa shape index (κ1) is 105. The highest BCUT2D eigenvalue weighted by molar-refractivity contribution is 7.90. The smallest absolute Gasteiger partial charge is 0.414 e. The molecule has 10 aromatic rings. The summed E-state index contributed by atoms with van der Waals surface area (Å²) < 4.78 is 272.